The van der Waals surface area contributed by atoms with Crippen molar-refractivity contribution in [3.8, 4) is 92.0 Å². The summed E-state index contributed by atoms with van der Waals surface area (Å²) in [5, 5.41) is 138. The van der Waals surface area contributed by atoms with Crippen molar-refractivity contribution in [3.63, 3.8) is 0 Å². The molecular formula is C48H48O16. The van der Waals surface area contributed by atoms with Crippen LogP contribution in [0.2, 0.25) is 0 Å². The van der Waals surface area contributed by atoms with E-state index in [1.807, 2.05) is 0 Å². The van der Waals surface area contributed by atoms with Gasteiger partial charge in [0.2, 0.25) is 0 Å². The Morgan fingerprint density at radius 3 is 0.156 bits per heavy atom. The van der Waals surface area contributed by atoms with Crippen LogP contribution in [0, 0.1) is 0 Å². The number of hydrogen-bond acceptors (Lipinski definition) is 16. The summed E-state index contributed by atoms with van der Waals surface area (Å²) in [5.41, 5.74) is 0. The fourth-order valence-corrected chi connectivity index (χ4v) is 3.62. The summed E-state index contributed by atoms with van der Waals surface area (Å²) in [6, 6.07) is 45.6. The molecule has 16 N–H and O–H groups in total. The lowest BCUT2D eigenvalue weighted by Crippen LogP contribution is -1.61. The van der Waals surface area contributed by atoms with E-state index < -0.39 is 0 Å². The molecule has 0 radical (unpaired) electrons. The number of hydrogen-bond donors (Lipinski definition) is 16. The highest BCUT2D eigenvalue weighted by atomic mass is 16.3. The van der Waals surface area contributed by atoms with Crippen molar-refractivity contribution >= 4 is 0 Å². The predicted molar refractivity (Wildman–Crippen MR) is 238 cm³/mol. The van der Waals surface area contributed by atoms with E-state index >= 15 is 0 Å². The van der Waals surface area contributed by atoms with Gasteiger partial charge in [-0.3, -0.25) is 0 Å². The maximum absolute atomic E-state index is 8.65. The first-order chi connectivity index (χ1) is 30.3. The van der Waals surface area contributed by atoms with Gasteiger partial charge >= 0.3 is 0 Å². The molecule has 0 amide bonds. The van der Waals surface area contributed by atoms with Crippen molar-refractivity contribution in [3.05, 3.63) is 194 Å². The highest BCUT2D eigenvalue weighted by Gasteiger charge is 1.89. The first kappa shape index (κ1) is 52.6. The Hall–Kier alpha value is -9.44. The van der Waals surface area contributed by atoms with E-state index in [0.717, 1.165) is 0 Å². The van der Waals surface area contributed by atoms with Crippen LogP contribution >= 0.6 is 0 Å². The smallest absolute Gasteiger partial charge is 0.115 e. The standard InChI is InChI=1S/8C6H6O2/c8*7-5-1-2-6(8)4-3-5/h8*1-4,7-8H. The zero-order valence-corrected chi connectivity index (χ0v) is 33.6. The molecular weight excluding hydrogens is 833 g/mol. The van der Waals surface area contributed by atoms with Gasteiger partial charge in [0.15, 0.2) is 0 Å². The van der Waals surface area contributed by atoms with E-state index in [0.29, 0.717) is 0 Å². The van der Waals surface area contributed by atoms with Gasteiger partial charge in [-0.2, -0.15) is 0 Å². The Labute approximate surface area is 367 Å². The van der Waals surface area contributed by atoms with Gasteiger partial charge in [0, 0.05) is 0 Å². The highest BCUT2D eigenvalue weighted by molar-refractivity contribution is 5.33. The van der Waals surface area contributed by atoms with Crippen LogP contribution in [0.3, 0.4) is 0 Å². The molecule has 0 unspecified atom stereocenters. The van der Waals surface area contributed by atoms with Crippen molar-refractivity contribution in [1.29, 1.82) is 0 Å². The quantitative estimate of drug-likeness (QED) is 0.0633. The zero-order chi connectivity index (χ0) is 47.9. The molecule has 0 saturated heterocycles. The molecule has 336 valence electrons. The monoisotopic (exact) mass is 880 g/mol. The number of phenols is 16. The van der Waals surface area contributed by atoms with Crippen LogP contribution in [0.4, 0.5) is 0 Å². The lowest BCUT2D eigenvalue weighted by molar-refractivity contribution is 0.460. The van der Waals surface area contributed by atoms with E-state index in [9.17, 15) is 0 Å². The minimum atomic E-state index is 0.169. The molecule has 0 aliphatic carbocycles. The molecule has 16 heteroatoms. The van der Waals surface area contributed by atoms with E-state index in [1.165, 1.54) is 194 Å². The number of benzene rings is 8. The van der Waals surface area contributed by atoms with Gasteiger partial charge in [-0.15, -0.1) is 0 Å². The normalized spacial score (nSPS) is 9.00. The molecule has 64 heavy (non-hydrogen) atoms. The molecule has 0 saturated carbocycles. The van der Waals surface area contributed by atoms with Crippen LogP contribution in [0.5, 0.6) is 92.0 Å². The second-order valence-electron chi connectivity index (χ2n) is 12.1. The van der Waals surface area contributed by atoms with Crippen LogP contribution in [0.25, 0.3) is 0 Å². The lowest BCUT2D eigenvalue weighted by Gasteiger charge is -1.88. The summed E-state index contributed by atoms with van der Waals surface area (Å²) in [7, 11) is 0. The summed E-state index contributed by atoms with van der Waals surface area (Å²) in [6.45, 7) is 0. The summed E-state index contributed by atoms with van der Waals surface area (Å²) < 4.78 is 0. The predicted octanol–water partition coefficient (Wildman–Crippen LogP) is 8.78. The molecule has 8 aromatic carbocycles. The molecule has 0 spiro atoms. The molecule has 16 nitrogen and oxygen atoms in total. The first-order valence-corrected chi connectivity index (χ1v) is 18.1. The summed E-state index contributed by atoms with van der Waals surface area (Å²) in [6.07, 6.45) is 0. The van der Waals surface area contributed by atoms with Gasteiger partial charge in [-0.05, 0) is 194 Å². The third-order valence-corrected chi connectivity index (χ3v) is 6.80. The molecule has 0 atom stereocenters. The maximum Gasteiger partial charge on any atom is 0.115 e. The molecule has 8 aromatic rings. The third-order valence-electron chi connectivity index (χ3n) is 6.80. The Kier molecular flexibility index (Phi) is 24.4. The van der Waals surface area contributed by atoms with Crippen molar-refractivity contribution in [1.82, 2.24) is 0 Å². The van der Waals surface area contributed by atoms with Gasteiger partial charge in [0.25, 0.3) is 0 Å². The molecule has 0 aromatic heterocycles. The third kappa shape index (κ3) is 28.1. The summed E-state index contributed by atoms with van der Waals surface area (Å²) in [4.78, 5) is 0. The highest BCUT2D eigenvalue weighted by Crippen LogP contribution is 2.18. The maximum atomic E-state index is 8.65. The largest absolute Gasteiger partial charge is 0.508 e. The fraction of sp³-hybridized carbons (Fsp3) is 0. The molecule has 0 bridgehead atoms. The zero-order valence-electron chi connectivity index (χ0n) is 33.6. The van der Waals surface area contributed by atoms with Gasteiger partial charge in [-0.25, -0.2) is 0 Å². The average Bonchev–Trinajstić information content (AvgIpc) is 3.28. The van der Waals surface area contributed by atoms with E-state index in [-0.39, 0.29) is 92.0 Å². The van der Waals surface area contributed by atoms with Gasteiger partial charge < -0.3 is 81.7 Å². The number of aromatic hydroxyl groups is 16. The van der Waals surface area contributed by atoms with Crippen LogP contribution < -0.4 is 0 Å². The number of phenolic OH excluding ortho intramolecular Hbond substituents is 16. The first-order valence-electron chi connectivity index (χ1n) is 18.1. The van der Waals surface area contributed by atoms with Gasteiger partial charge in [0.05, 0.1) is 0 Å². The van der Waals surface area contributed by atoms with Crippen molar-refractivity contribution in [2.24, 2.45) is 0 Å². The second-order valence-corrected chi connectivity index (χ2v) is 12.1. The Morgan fingerprint density at radius 1 is 0.0938 bits per heavy atom. The number of rotatable bonds is 0. The Morgan fingerprint density at radius 2 is 0.125 bits per heavy atom. The van der Waals surface area contributed by atoms with Crippen molar-refractivity contribution < 1.29 is 81.7 Å². The van der Waals surface area contributed by atoms with E-state index in [2.05, 4.69) is 0 Å². The molecule has 0 aliphatic heterocycles. The minimum Gasteiger partial charge on any atom is -0.508 e. The van der Waals surface area contributed by atoms with Crippen LogP contribution in [0.15, 0.2) is 194 Å². The molecule has 8 rings (SSSR count). The van der Waals surface area contributed by atoms with Crippen LogP contribution in [-0.2, 0) is 0 Å². The van der Waals surface area contributed by atoms with Gasteiger partial charge in [-0.1, -0.05) is 0 Å². The molecule has 0 fully saturated rings. The van der Waals surface area contributed by atoms with Crippen LogP contribution in [-0.4, -0.2) is 81.7 Å². The topological polar surface area (TPSA) is 324 Å². The second kappa shape index (κ2) is 29.7. The molecule has 0 aliphatic rings. The Balaban J connectivity index is 0.000000366. The molecule has 0 heterocycles. The SMILES string of the molecule is Oc1ccc(O)cc1.Oc1ccc(O)cc1.Oc1ccc(O)cc1.Oc1ccc(O)cc1.Oc1ccc(O)cc1.Oc1ccc(O)cc1.Oc1ccc(O)cc1.Oc1ccc(O)cc1. The van der Waals surface area contributed by atoms with E-state index in [1.54, 1.807) is 0 Å². The van der Waals surface area contributed by atoms with Crippen molar-refractivity contribution in [2.45, 2.75) is 0 Å². The van der Waals surface area contributed by atoms with Gasteiger partial charge in [0.1, 0.15) is 92.0 Å². The summed E-state index contributed by atoms with van der Waals surface area (Å²) >= 11 is 0. The van der Waals surface area contributed by atoms with Crippen molar-refractivity contribution in [2.75, 3.05) is 0 Å². The fourth-order valence-electron chi connectivity index (χ4n) is 3.62. The van der Waals surface area contributed by atoms with E-state index in [4.69, 9.17) is 81.7 Å². The van der Waals surface area contributed by atoms with Crippen LogP contribution in [0.1, 0.15) is 0 Å². The minimum absolute atomic E-state index is 0.169. The Bertz CT molecular complexity index is 1690. The summed E-state index contributed by atoms with van der Waals surface area (Å²) in [5.74, 6) is 2.71. The average molecular weight is 881 g/mol. The lowest BCUT2D eigenvalue weighted by atomic mass is 10.3.